The molecule has 2 N–H and O–H groups in total. The summed E-state index contributed by atoms with van der Waals surface area (Å²) in [7, 11) is 0. The molecule has 0 aliphatic heterocycles. The number of hydrogen-bond acceptors (Lipinski definition) is 4. The number of hydrogen-bond donors (Lipinski definition) is 1. The van der Waals surface area contributed by atoms with Gasteiger partial charge in [-0.05, 0) is 13.3 Å². The molecule has 0 unspecified atom stereocenters. The predicted octanol–water partition coefficient (Wildman–Crippen LogP) is 2.62. The van der Waals surface area contributed by atoms with Crippen molar-refractivity contribution in [3.63, 3.8) is 0 Å². The molecule has 0 amide bonds. The zero-order valence-electron chi connectivity index (χ0n) is 11.1. The van der Waals surface area contributed by atoms with Crippen molar-refractivity contribution < 1.29 is 4.74 Å². The van der Waals surface area contributed by atoms with Crippen molar-refractivity contribution in [3.05, 3.63) is 24.0 Å². The standard InChI is InChI=1S/C13H21N3O/c1-6-7-8-17-11-9(2)10(14)15-12(16-11)13(3,4)5/h6H,1,7-8H2,2-5H3,(H2,14,15,16). The number of aromatic nitrogens is 2. The van der Waals surface area contributed by atoms with Crippen LogP contribution >= 0.6 is 0 Å². The van der Waals surface area contributed by atoms with Gasteiger partial charge in [0, 0.05) is 5.41 Å². The monoisotopic (exact) mass is 235 g/mol. The largest absolute Gasteiger partial charge is 0.477 e. The van der Waals surface area contributed by atoms with Crippen LogP contribution in [0.15, 0.2) is 12.7 Å². The Morgan fingerprint density at radius 2 is 2.00 bits per heavy atom. The Morgan fingerprint density at radius 1 is 1.35 bits per heavy atom. The third kappa shape index (κ3) is 3.44. The van der Waals surface area contributed by atoms with Crippen LogP contribution in [-0.2, 0) is 5.41 Å². The van der Waals surface area contributed by atoms with E-state index in [-0.39, 0.29) is 5.41 Å². The minimum atomic E-state index is -0.141. The highest BCUT2D eigenvalue weighted by Gasteiger charge is 2.20. The van der Waals surface area contributed by atoms with Gasteiger partial charge in [0.2, 0.25) is 5.88 Å². The van der Waals surface area contributed by atoms with Crippen LogP contribution < -0.4 is 10.5 Å². The second kappa shape index (κ2) is 5.17. The van der Waals surface area contributed by atoms with Crippen LogP contribution in [0.3, 0.4) is 0 Å². The number of ether oxygens (including phenoxy) is 1. The Kier molecular flexibility index (Phi) is 4.10. The molecule has 17 heavy (non-hydrogen) atoms. The van der Waals surface area contributed by atoms with Crippen LogP contribution in [0.25, 0.3) is 0 Å². The van der Waals surface area contributed by atoms with Gasteiger partial charge in [-0.1, -0.05) is 26.8 Å². The molecule has 0 spiro atoms. The Bertz CT molecular complexity index is 408. The van der Waals surface area contributed by atoms with Crippen LogP contribution in [0.2, 0.25) is 0 Å². The van der Waals surface area contributed by atoms with E-state index in [1.807, 2.05) is 33.8 Å². The predicted molar refractivity (Wildman–Crippen MR) is 70.2 cm³/mol. The summed E-state index contributed by atoms with van der Waals surface area (Å²) in [5.74, 6) is 1.76. The second-order valence-electron chi connectivity index (χ2n) is 5.04. The first kappa shape index (κ1) is 13.5. The van der Waals surface area contributed by atoms with Gasteiger partial charge in [0.1, 0.15) is 11.6 Å². The topological polar surface area (TPSA) is 61.0 Å². The van der Waals surface area contributed by atoms with Gasteiger partial charge < -0.3 is 10.5 Å². The zero-order valence-corrected chi connectivity index (χ0v) is 11.1. The van der Waals surface area contributed by atoms with Gasteiger partial charge in [-0.15, -0.1) is 6.58 Å². The number of nitrogens with zero attached hydrogens (tertiary/aromatic N) is 2. The maximum atomic E-state index is 5.87. The Labute approximate surface area is 103 Å². The molecule has 0 fully saturated rings. The minimum absolute atomic E-state index is 0.141. The molecule has 0 aliphatic rings. The number of rotatable bonds is 4. The van der Waals surface area contributed by atoms with Gasteiger partial charge in [-0.25, -0.2) is 4.98 Å². The van der Waals surface area contributed by atoms with Gasteiger partial charge in [-0.3, -0.25) is 0 Å². The van der Waals surface area contributed by atoms with Crippen LogP contribution in [0, 0.1) is 6.92 Å². The summed E-state index contributed by atoms with van der Waals surface area (Å²) in [4.78, 5) is 8.73. The summed E-state index contributed by atoms with van der Waals surface area (Å²) in [5.41, 5.74) is 6.52. The fourth-order valence-corrected chi connectivity index (χ4v) is 1.23. The van der Waals surface area contributed by atoms with Crippen LogP contribution in [0.1, 0.15) is 38.6 Å². The minimum Gasteiger partial charge on any atom is -0.477 e. The average Bonchev–Trinajstić information content (AvgIpc) is 2.22. The van der Waals surface area contributed by atoms with Crippen LogP contribution in [0.4, 0.5) is 5.82 Å². The first-order valence-electron chi connectivity index (χ1n) is 5.74. The van der Waals surface area contributed by atoms with Crippen molar-refractivity contribution in [3.8, 4) is 5.88 Å². The SMILES string of the molecule is C=CCCOc1nc(C(C)(C)C)nc(N)c1C. The lowest BCUT2D eigenvalue weighted by atomic mass is 9.95. The number of nitrogen functional groups attached to an aromatic ring is 1. The van der Waals surface area contributed by atoms with Crippen molar-refractivity contribution in [2.75, 3.05) is 12.3 Å². The molecule has 1 aromatic rings. The summed E-state index contributed by atoms with van der Waals surface area (Å²) in [6, 6.07) is 0. The Morgan fingerprint density at radius 3 is 2.53 bits per heavy atom. The lowest BCUT2D eigenvalue weighted by Crippen LogP contribution is -2.18. The van der Waals surface area contributed by atoms with Crippen LogP contribution in [-0.4, -0.2) is 16.6 Å². The zero-order chi connectivity index (χ0) is 13.1. The highest BCUT2D eigenvalue weighted by molar-refractivity contribution is 5.45. The van der Waals surface area contributed by atoms with E-state index in [9.17, 15) is 0 Å². The van der Waals surface area contributed by atoms with Gasteiger partial charge in [0.15, 0.2) is 0 Å². The highest BCUT2D eigenvalue weighted by Crippen LogP contribution is 2.26. The quantitative estimate of drug-likeness (QED) is 0.643. The van der Waals surface area contributed by atoms with Crippen molar-refractivity contribution in [1.29, 1.82) is 0 Å². The van der Waals surface area contributed by atoms with Gasteiger partial charge >= 0.3 is 0 Å². The third-order valence-electron chi connectivity index (χ3n) is 2.37. The molecule has 0 aliphatic carbocycles. The van der Waals surface area contributed by atoms with Gasteiger partial charge in [-0.2, -0.15) is 4.98 Å². The molecule has 0 saturated carbocycles. The van der Waals surface area contributed by atoms with E-state index < -0.39 is 0 Å². The highest BCUT2D eigenvalue weighted by atomic mass is 16.5. The maximum absolute atomic E-state index is 5.87. The molecule has 94 valence electrons. The Balaban J connectivity index is 3.03. The van der Waals surface area contributed by atoms with Gasteiger partial charge in [0.25, 0.3) is 0 Å². The average molecular weight is 235 g/mol. The summed E-state index contributed by atoms with van der Waals surface area (Å²) < 4.78 is 5.59. The van der Waals surface area contributed by atoms with Crippen LogP contribution in [0.5, 0.6) is 5.88 Å². The van der Waals surface area contributed by atoms with E-state index in [1.54, 1.807) is 0 Å². The molecule has 0 saturated heterocycles. The van der Waals surface area contributed by atoms with E-state index in [1.165, 1.54) is 0 Å². The second-order valence-corrected chi connectivity index (χ2v) is 5.04. The fourth-order valence-electron chi connectivity index (χ4n) is 1.23. The summed E-state index contributed by atoms with van der Waals surface area (Å²) in [5, 5.41) is 0. The molecule has 4 heteroatoms. The van der Waals surface area contributed by atoms with E-state index in [0.29, 0.717) is 24.1 Å². The molecule has 0 aromatic carbocycles. The van der Waals surface area contributed by atoms with E-state index in [2.05, 4.69) is 16.5 Å². The lowest BCUT2D eigenvalue weighted by molar-refractivity contribution is 0.306. The molecular formula is C13H21N3O. The fraction of sp³-hybridized carbons (Fsp3) is 0.538. The van der Waals surface area contributed by atoms with E-state index in [0.717, 1.165) is 12.0 Å². The molecular weight excluding hydrogens is 214 g/mol. The molecule has 4 nitrogen and oxygen atoms in total. The maximum Gasteiger partial charge on any atom is 0.221 e. The van der Waals surface area contributed by atoms with E-state index in [4.69, 9.17) is 10.5 Å². The van der Waals surface area contributed by atoms with E-state index >= 15 is 0 Å². The first-order valence-corrected chi connectivity index (χ1v) is 5.74. The normalized spacial score (nSPS) is 11.3. The Hall–Kier alpha value is -1.58. The molecule has 1 rings (SSSR count). The number of nitrogens with two attached hydrogens (primary N) is 1. The van der Waals surface area contributed by atoms with Crippen molar-refractivity contribution >= 4 is 5.82 Å². The first-order chi connectivity index (χ1) is 7.86. The molecule has 0 radical (unpaired) electrons. The number of anilines is 1. The molecule has 1 heterocycles. The van der Waals surface area contributed by atoms with Gasteiger partial charge in [0.05, 0.1) is 12.2 Å². The third-order valence-corrected chi connectivity index (χ3v) is 2.37. The summed E-state index contributed by atoms with van der Waals surface area (Å²) in [6.45, 7) is 12.2. The van der Waals surface area contributed by atoms with Crippen molar-refractivity contribution in [2.45, 2.75) is 39.5 Å². The summed E-state index contributed by atoms with van der Waals surface area (Å²) >= 11 is 0. The summed E-state index contributed by atoms with van der Waals surface area (Å²) in [6.07, 6.45) is 2.60. The van der Waals surface area contributed by atoms with Crippen molar-refractivity contribution in [1.82, 2.24) is 9.97 Å². The molecule has 0 atom stereocenters. The molecule has 0 bridgehead atoms. The van der Waals surface area contributed by atoms with Crippen molar-refractivity contribution in [2.24, 2.45) is 0 Å². The smallest absolute Gasteiger partial charge is 0.221 e. The molecule has 1 aromatic heterocycles. The lowest BCUT2D eigenvalue weighted by Gasteiger charge is -2.19.